The Balaban J connectivity index is 0.000000902. The molecule has 19 heavy (non-hydrogen) atoms. The van der Waals surface area contributed by atoms with Gasteiger partial charge in [-0.15, -0.1) is 24.8 Å². The van der Waals surface area contributed by atoms with Gasteiger partial charge in [0.05, 0.1) is 35.5 Å². The van der Waals surface area contributed by atoms with Crippen LogP contribution in [0.2, 0.25) is 5.02 Å². The molecule has 0 saturated carbocycles. The molecule has 8 heteroatoms. The number of halogens is 3. The normalized spacial score (nSPS) is 21.8. The largest absolute Gasteiger partial charge is 0.378 e. The summed E-state index contributed by atoms with van der Waals surface area (Å²) in [6.45, 7) is 1.24. The van der Waals surface area contributed by atoms with Crippen LogP contribution >= 0.6 is 47.8 Å². The van der Waals surface area contributed by atoms with E-state index >= 15 is 0 Å². The van der Waals surface area contributed by atoms with E-state index in [0.717, 1.165) is 20.4 Å². The highest BCUT2D eigenvalue weighted by molar-refractivity contribution is 7.22. The molecule has 0 bridgehead atoms. The molecule has 1 aliphatic rings. The molecule has 1 aromatic heterocycles. The Kier molecular flexibility index (Phi) is 6.11. The second-order valence-corrected chi connectivity index (χ2v) is 5.55. The number of nitrogens with one attached hydrogen (secondary N) is 1. The molecule has 2 atom stereocenters. The van der Waals surface area contributed by atoms with Gasteiger partial charge in [0.15, 0.2) is 5.13 Å². The minimum atomic E-state index is 0. The fourth-order valence-electron chi connectivity index (χ4n) is 1.84. The first-order valence-electron chi connectivity index (χ1n) is 5.38. The van der Waals surface area contributed by atoms with E-state index in [-0.39, 0.29) is 36.9 Å². The summed E-state index contributed by atoms with van der Waals surface area (Å²) in [5.41, 5.74) is 6.87. The molecule has 0 radical (unpaired) electrons. The van der Waals surface area contributed by atoms with Crippen LogP contribution in [0.5, 0.6) is 0 Å². The van der Waals surface area contributed by atoms with Crippen LogP contribution in [0.3, 0.4) is 0 Å². The predicted octanol–water partition coefficient (Wildman–Crippen LogP) is 2.93. The molecule has 2 heterocycles. The zero-order valence-electron chi connectivity index (χ0n) is 9.84. The molecule has 3 rings (SSSR count). The van der Waals surface area contributed by atoms with Gasteiger partial charge in [0.2, 0.25) is 0 Å². The van der Waals surface area contributed by atoms with Crippen molar-refractivity contribution in [1.82, 2.24) is 4.98 Å². The van der Waals surface area contributed by atoms with Crippen LogP contribution in [-0.4, -0.2) is 30.3 Å². The number of benzene rings is 1. The van der Waals surface area contributed by atoms with E-state index in [4.69, 9.17) is 22.1 Å². The van der Waals surface area contributed by atoms with Crippen LogP contribution in [0.15, 0.2) is 18.2 Å². The molecule has 4 nitrogen and oxygen atoms in total. The van der Waals surface area contributed by atoms with Crippen molar-refractivity contribution in [3.8, 4) is 0 Å². The number of nitrogens with two attached hydrogens (primary N) is 1. The minimum absolute atomic E-state index is 0. The van der Waals surface area contributed by atoms with Crippen LogP contribution < -0.4 is 11.1 Å². The predicted molar refractivity (Wildman–Crippen MR) is 85.3 cm³/mol. The average molecular weight is 343 g/mol. The van der Waals surface area contributed by atoms with E-state index in [1.165, 1.54) is 0 Å². The lowest BCUT2D eigenvalue weighted by molar-refractivity contribution is 0.192. The summed E-state index contributed by atoms with van der Waals surface area (Å²) in [5, 5.41) is 4.91. The van der Waals surface area contributed by atoms with E-state index in [1.807, 2.05) is 18.2 Å². The minimum Gasteiger partial charge on any atom is -0.378 e. The van der Waals surface area contributed by atoms with Gasteiger partial charge in [-0.3, -0.25) is 0 Å². The van der Waals surface area contributed by atoms with Gasteiger partial charge < -0.3 is 15.8 Å². The van der Waals surface area contributed by atoms with E-state index in [2.05, 4.69) is 10.3 Å². The monoisotopic (exact) mass is 341 g/mol. The van der Waals surface area contributed by atoms with Gasteiger partial charge in [-0.25, -0.2) is 4.98 Å². The van der Waals surface area contributed by atoms with E-state index in [0.29, 0.717) is 13.2 Å². The van der Waals surface area contributed by atoms with Crippen LogP contribution in [0, 0.1) is 0 Å². The second-order valence-electron chi connectivity index (χ2n) is 4.08. The number of aromatic nitrogens is 1. The number of thiazole rings is 1. The highest BCUT2D eigenvalue weighted by Gasteiger charge is 2.25. The Hall–Kier alpha value is -0.300. The third kappa shape index (κ3) is 3.62. The molecule has 2 unspecified atom stereocenters. The molecule has 1 fully saturated rings. The van der Waals surface area contributed by atoms with Crippen molar-refractivity contribution in [2.45, 2.75) is 12.1 Å². The fourth-order valence-corrected chi connectivity index (χ4v) is 3.04. The second kappa shape index (κ2) is 6.92. The lowest BCUT2D eigenvalue weighted by Crippen LogP contribution is -2.38. The topological polar surface area (TPSA) is 60.2 Å². The summed E-state index contributed by atoms with van der Waals surface area (Å²) in [6.07, 6.45) is 0. The van der Waals surface area contributed by atoms with Gasteiger partial charge in [0, 0.05) is 5.02 Å². The lowest BCUT2D eigenvalue weighted by Gasteiger charge is -2.13. The smallest absolute Gasteiger partial charge is 0.184 e. The molecule has 0 aliphatic carbocycles. The maximum atomic E-state index is 5.94. The summed E-state index contributed by atoms with van der Waals surface area (Å²) in [4.78, 5) is 4.49. The SMILES string of the molecule is Cl.Cl.NC1COCC1Nc1nc2ccc(Cl)cc2s1. The Morgan fingerprint density at radius 3 is 2.84 bits per heavy atom. The number of nitrogens with zero attached hydrogens (tertiary/aromatic N) is 1. The van der Waals surface area contributed by atoms with Crippen molar-refractivity contribution >= 4 is 63.1 Å². The Bertz CT molecular complexity index is 551. The fraction of sp³-hybridized carbons (Fsp3) is 0.364. The quantitative estimate of drug-likeness (QED) is 0.881. The van der Waals surface area contributed by atoms with Crippen molar-refractivity contribution in [3.05, 3.63) is 23.2 Å². The van der Waals surface area contributed by atoms with Crippen LogP contribution in [-0.2, 0) is 4.74 Å². The molecular weight excluding hydrogens is 329 g/mol. The van der Waals surface area contributed by atoms with Gasteiger partial charge in [0.25, 0.3) is 0 Å². The van der Waals surface area contributed by atoms with E-state index in [1.54, 1.807) is 11.3 Å². The van der Waals surface area contributed by atoms with Crippen LogP contribution in [0.4, 0.5) is 5.13 Å². The number of hydrogen-bond donors (Lipinski definition) is 2. The molecule has 1 aromatic carbocycles. The molecule has 1 saturated heterocycles. The average Bonchev–Trinajstić information content (AvgIpc) is 2.85. The van der Waals surface area contributed by atoms with Gasteiger partial charge in [0.1, 0.15) is 0 Å². The van der Waals surface area contributed by atoms with Gasteiger partial charge in [-0.05, 0) is 18.2 Å². The van der Waals surface area contributed by atoms with Gasteiger partial charge in [-0.2, -0.15) is 0 Å². The van der Waals surface area contributed by atoms with Crippen molar-refractivity contribution in [2.24, 2.45) is 5.73 Å². The first-order valence-corrected chi connectivity index (χ1v) is 6.58. The molecule has 3 N–H and O–H groups in total. The van der Waals surface area contributed by atoms with Crippen LogP contribution in [0.1, 0.15) is 0 Å². The van der Waals surface area contributed by atoms with Crippen LogP contribution in [0.25, 0.3) is 10.2 Å². The zero-order valence-corrected chi connectivity index (χ0v) is 13.0. The molecule has 2 aromatic rings. The highest BCUT2D eigenvalue weighted by atomic mass is 35.5. The summed E-state index contributed by atoms with van der Waals surface area (Å²) < 4.78 is 6.38. The maximum Gasteiger partial charge on any atom is 0.184 e. The highest BCUT2D eigenvalue weighted by Crippen LogP contribution is 2.29. The third-order valence-corrected chi connectivity index (χ3v) is 3.97. The summed E-state index contributed by atoms with van der Waals surface area (Å²) in [5.74, 6) is 0. The third-order valence-electron chi connectivity index (χ3n) is 2.78. The Morgan fingerprint density at radius 2 is 2.16 bits per heavy atom. The number of hydrogen-bond acceptors (Lipinski definition) is 5. The maximum absolute atomic E-state index is 5.94. The Morgan fingerprint density at radius 1 is 1.37 bits per heavy atom. The Labute approximate surface area is 132 Å². The summed E-state index contributed by atoms with van der Waals surface area (Å²) >= 11 is 7.52. The summed E-state index contributed by atoms with van der Waals surface area (Å²) in [7, 11) is 0. The molecule has 106 valence electrons. The van der Waals surface area contributed by atoms with E-state index in [9.17, 15) is 0 Å². The van der Waals surface area contributed by atoms with Crippen molar-refractivity contribution < 1.29 is 4.74 Å². The molecule has 1 aliphatic heterocycles. The number of ether oxygens (including phenoxy) is 1. The molecule has 0 spiro atoms. The van der Waals surface area contributed by atoms with Gasteiger partial charge in [-0.1, -0.05) is 22.9 Å². The first kappa shape index (κ1) is 16.8. The molecular formula is C11H14Cl3N3OS. The zero-order chi connectivity index (χ0) is 11.8. The van der Waals surface area contributed by atoms with Crippen molar-refractivity contribution in [3.63, 3.8) is 0 Å². The summed E-state index contributed by atoms with van der Waals surface area (Å²) in [6, 6.07) is 5.86. The first-order chi connectivity index (χ1) is 8.22. The lowest BCUT2D eigenvalue weighted by atomic mass is 10.2. The van der Waals surface area contributed by atoms with Gasteiger partial charge >= 0.3 is 0 Å². The number of rotatable bonds is 2. The standard InChI is InChI=1S/C11H12ClN3OS.2ClH/c12-6-1-2-8-10(3-6)17-11(14-8)15-9-5-16-4-7(9)13;;/h1-3,7,9H,4-5,13H2,(H,14,15);2*1H. The number of fused-ring (bicyclic) bond motifs is 1. The van der Waals surface area contributed by atoms with E-state index < -0.39 is 0 Å². The number of anilines is 1. The van der Waals surface area contributed by atoms with Crippen molar-refractivity contribution in [1.29, 1.82) is 0 Å². The molecule has 0 amide bonds. The van der Waals surface area contributed by atoms with Crippen molar-refractivity contribution in [2.75, 3.05) is 18.5 Å².